The lowest BCUT2D eigenvalue weighted by atomic mass is 10.0. The van der Waals surface area contributed by atoms with E-state index in [0.717, 1.165) is 23.9 Å². The second kappa shape index (κ2) is 11.4. The summed E-state index contributed by atoms with van der Waals surface area (Å²) in [7, 11) is -5.78. The topological polar surface area (TPSA) is 99.1 Å². The third-order valence-corrected chi connectivity index (χ3v) is 6.96. The van der Waals surface area contributed by atoms with Crippen LogP contribution in [0.4, 0.5) is 35.1 Å². The quantitative estimate of drug-likeness (QED) is 0.143. The van der Waals surface area contributed by atoms with Crippen LogP contribution >= 0.6 is 35.3 Å². The van der Waals surface area contributed by atoms with Crippen molar-refractivity contribution < 1.29 is 49.5 Å². The van der Waals surface area contributed by atoms with Gasteiger partial charge in [0.2, 0.25) is 5.16 Å². The Balaban J connectivity index is 0.00000342. The van der Waals surface area contributed by atoms with E-state index in [4.69, 9.17) is 9.79 Å². The van der Waals surface area contributed by atoms with Crippen molar-refractivity contribution in [3.05, 3.63) is 63.1 Å². The molecule has 0 amide bonds. The maximum atomic E-state index is 13.9. The third-order valence-electron chi connectivity index (χ3n) is 4.42. The predicted molar refractivity (Wildman–Crippen MR) is 125 cm³/mol. The fraction of sp³-hybridized carbons (Fsp3) is 0.300. The molecule has 37 heavy (non-hydrogen) atoms. The van der Waals surface area contributed by atoms with Gasteiger partial charge in [-0.05, 0) is 29.8 Å². The molecule has 0 fully saturated rings. The van der Waals surface area contributed by atoms with E-state index >= 15 is 0 Å². The number of aromatic amines is 1. The molecule has 0 spiro atoms. The van der Waals surface area contributed by atoms with Crippen LogP contribution in [-0.2, 0) is 28.3 Å². The number of H-pyrrole nitrogens is 1. The van der Waals surface area contributed by atoms with E-state index < -0.39 is 47.9 Å². The zero-order valence-corrected chi connectivity index (χ0v) is 19.9. The van der Waals surface area contributed by atoms with Crippen molar-refractivity contribution in [1.82, 2.24) is 15.2 Å². The van der Waals surface area contributed by atoms with E-state index in [0.29, 0.717) is 17.7 Å². The number of aromatic nitrogens is 3. The Bertz CT molecular complexity index is 1260. The van der Waals surface area contributed by atoms with Crippen LogP contribution in [0.1, 0.15) is 37.1 Å². The molecule has 0 radical (unpaired) electrons. The Morgan fingerprint density at radius 2 is 1.46 bits per heavy atom. The number of nitrogens with zero attached hydrogens (tertiary/aromatic N) is 2. The summed E-state index contributed by atoms with van der Waals surface area (Å²) in [5, 5.41) is 5.93. The number of thioether (sulfide) groups is 1. The predicted octanol–water partition coefficient (Wildman–Crippen LogP) is 8.06. The maximum Gasteiger partial charge on any atom is 0.416 e. The number of benzene rings is 2. The molecule has 1 aromatic heterocycles. The van der Waals surface area contributed by atoms with Crippen LogP contribution in [0, 0.1) is 0 Å². The van der Waals surface area contributed by atoms with Gasteiger partial charge in [0.25, 0.3) is 0 Å². The summed E-state index contributed by atoms with van der Waals surface area (Å²) in [5.74, 6) is -0.337. The number of halogens is 9. The molecule has 6 nitrogen and oxygen atoms in total. The summed E-state index contributed by atoms with van der Waals surface area (Å²) < 4.78 is 117. The summed E-state index contributed by atoms with van der Waals surface area (Å²) in [4.78, 5) is 21.6. The second-order valence-corrected chi connectivity index (χ2v) is 10.4. The lowest BCUT2D eigenvalue weighted by Gasteiger charge is -2.19. The highest BCUT2D eigenvalue weighted by atomic mass is 79.9. The van der Waals surface area contributed by atoms with Gasteiger partial charge in [-0.1, -0.05) is 54.7 Å². The van der Waals surface area contributed by atoms with Crippen LogP contribution in [0.5, 0.6) is 0 Å². The van der Waals surface area contributed by atoms with Gasteiger partial charge in [0.05, 0.1) is 11.1 Å². The molecular weight excluding hydrogens is 625 g/mol. The fourth-order valence-electron chi connectivity index (χ4n) is 2.73. The van der Waals surface area contributed by atoms with Gasteiger partial charge < -0.3 is 9.79 Å². The maximum absolute atomic E-state index is 13.9. The second-order valence-electron chi connectivity index (χ2n) is 6.95. The van der Waals surface area contributed by atoms with E-state index in [1.807, 2.05) is 0 Å². The van der Waals surface area contributed by atoms with E-state index in [9.17, 15) is 39.7 Å². The molecule has 0 aliphatic rings. The number of nitrogens with one attached hydrogen (secondary N) is 1. The molecule has 0 atom stereocenters. The summed E-state index contributed by atoms with van der Waals surface area (Å²) in [6, 6.07) is 4.09. The number of rotatable bonds is 6. The van der Waals surface area contributed by atoms with E-state index in [2.05, 4.69) is 31.1 Å². The van der Waals surface area contributed by atoms with Gasteiger partial charge in [-0.25, -0.2) is 4.98 Å². The summed E-state index contributed by atoms with van der Waals surface area (Å²) in [6.07, 6.45) is -10.1. The Kier molecular flexibility index (Phi) is 10.2. The van der Waals surface area contributed by atoms with Crippen molar-refractivity contribution in [1.29, 1.82) is 0 Å². The first-order chi connectivity index (χ1) is 15.9. The van der Waals surface area contributed by atoms with E-state index in [-0.39, 0.29) is 42.1 Å². The van der Waals surface area contributed by atoms with Crippen LogP contribution in [0.15, 0.2) is 46.0 Å². The van der Waals surface area contributed by atoms with Gasteiger partial charge in [0, 0.05) is 21.4 Å². The van der Waals surface area contributed by atoms with E-state index in [1.54, 1.807) is 0 Å². The molecule has 2 aromatic carbocycles. The molecule has 3 N–H and O–H groups in total. The normalized spacial score (nSPS) is 12.6. The van der Waals surface area contributed by atoms with Gasteiger partial charge >= 0.3 is 25.6 Å². The van der Waals surface area contributed by atoms with Crippen LogP contribution in [0.2, 0.25) is 0 Å². The highest BCUT2D eigenvalue weighted by Crippen LogP contribution is 2.60. The van der Waals surface area contributed by atoms with Crippen LogP contribution < -0.4 is 0 Å². The minimum absolute atomic E-state index is 0. The molecule has 0 saturated carbocycles. The summed E-state index contributed by atoms with van der Waals surface area (Å²) >= 11 is 3.70. The van der Waals surface area contributed by atoms with Crippen molar-refractivity contribution in [3.8, 4) is 11.4 Å². The van der Waals surface area contributed by atoms with Crippen molar-refractivity contribution >= 4 is 35.3 Å². The smallest absolute Gasteiger partial charge is 0.320 e. The molecular formula is C20H19BrF8N3O3PS. The Morgan fingerprint density at radius 1 is 0.919 bits per heavy atom. The number of hydrogen-bond acceptors (Lipinski definition) is 4. The highest BCUT2D eigenvalue weighted by Gasteiger charge is 2.51. The average molecular weight is 644 g/mol. The van der Waals surface area contributed by atoms with Crippen LogP contribution in [0.25, 0.3) is 11.4 Å². The monoisotopic (exact) mass is 643 g/mol. The third kappa shape index (κ3) is 7.53. The Hall–Kier alpha value is -2.00. The molecule has 0 aliphatic carbocycles. The first kappa shape index (κ1) is 33.0. The summed E-state index contributed by atoms with van der Waals surface area (Å²) in [6.45, 7) is 0. The Morgan fingerprint density at radius 3 is 1.92 bits per heavy atom. The van der Waals surface area contributed by atoms with Crippen LogP contribution in [-0.4, -0.2) is 25.0 Å². The van der Waals surface area contributed by atoms with Crippen molar-refractivity contribution in [2.45, 2.75) is 43.8 Å². The fourth-order valence-corrected chi connectivity index (χ4v) is 4.81. The van der Waals surface area contributed by atoms with E-state index in [1.165, 1.54) is 6.07 Å². The number of alkyl halides is 8. The Labute approximate surface area is 218 Å². The molecule has 1 heterocycles. The highest BCUT2D eigenvalue weighted by molar-refractivity contribution is 9.10. The standard InChI is InChI=1S/C18H11BrF8N3O3PS.2CH4/c19-13-3-8(1-2-12(13)18(26,27)34(31,32)33)7-35-15-28-14(29-30-15)9-4-10(16(20,21)22)6-11(5-9)17(23,24)25;;/h1-6H,7H2,(H,28,29,30)(H2,31,32,33);2*1H4. The SMILES string of the molecule is C.C.O=P(O)(O)C(F)(F)c1ccc(CSc2n[nH]c(-c3cc(C(F)(F)F)cc(C(F)(F)F)c3)n2)cc1Br. The summed E-state index contributed by atoms with van der Waals surface area (Å²) in [5.41, 5.74) is -8.55. The van der Waals surface area contributed by atoms with Gasteiger partial charge in [-0.3, -0.25) is 9.66 Å². The largest absolute Gasteiger partial charge is 0.416 e. The number of hydrogen-bond donors (Lipinski definition) is 3. The zero-order chi connectivity index (χ0) is 26.4. The molecule has 3 rings (SSSR count). The van der Waals surface area contributed by atoms with Crippen molar-refractivity contribution in [2.75, 3.05) is 0 Å². The van der Waals surface area contributed by atoms with Gasteiger partial charge in [0.1, 0.15) is 0 Å². The lowest BCUT2D eigenvalue weighted by Crippen LogP contribution is -2.14. The minimum Gasteiger partial charge on any atom is -0.320 e. The van der Waals surface area contributed by atoms with Gasteiger partial charge in [-0.2, -0.15) is 35.1 Å². The first-order valence-corrected chi connectivity index (χ1v) is 12.4. The molecule has 0 aliphatic heterocycles. The molecule has 0 bridgehead atoms. The zero-order valence-electron chi connectivity index (χ0n) is 16.6. The molecule has 3 aromatic rings. The van der Waals surface area contributed by atoms with Gasteiger partial charge in [-0.15, -0.1) is 5.10 Å². The lowest BCUT2D eigenvalue weighted by molar-refractivity contribution is -0.143. The molecule has 0 saturated heterocycles. The molecule has 0 unspecified atom stereocenters. The van der Waals surface area contributed by atoms with Crippen LogP contribution in [0.3, 0.4) is 0 Å². The van der Waals surface area contributed by atoms with Crippen molar-refractivity contribution in [3.63, 3.8) is 0 Å². The molecule has 206 valence electrons. The van der Waals surface area contributed by atoms with Gasteiger partial charge in [0.15, 0.2) is 5.82 Å². The minimum atomic E-state index is -5.78. The average Bonchev–Trinajstić information content (AvgIpc) is 3.19. The molecule has 17 heteroatoms. The van der Waals surface area contributed by atoms with Crippen molar-refractivity contribution in [2.24, 2.45) is 0 Å². The first-order valence-electron chi connectivity index (χ1n) is 8.97.